The Kier molecular flexibility index (Phi) is 3.21. The molecule has 0 aliphatic carbocycles. The van der Waals surface area contributed by atoms with Gasteiger partial charge in [-0.25, -0.2) is 9.50 Å². The number of fused-ring (bicyclic) bond motifs is 1. The van der Waals surface area contributed by atoms with Crippen LogP contribution in [0.25, 0.3) is 5.65 Å². The van der Waals surface area contributed by atoms with Crippen LogP contribution in [0.3, 0.4) is 0 Å². The fourth-order valence-corrected chi connectivity index (χ4v) is 2.33. The lowest BCUT2D eigenvalue weighted by Crippen LogP contribution is -2.02. The fraction of sp³-hybridized carbons (Fsp3) is 0.143. The molecule has 0 radical (unpaired) electrons. The van der Waals surface area contributed by atoms with E-state index in [2.05, 4.69) is 31.3 Å². The number of benzene rings is 1. The molecular formula is C14H13BrN4. The molecule has 0 amide bonds. The predicted octanol–water partition coefficient (Wildman–Crippen LogP) is 3.41. The number of rotatable bonds is 3. The Labute approximate surface area is 119 Å². The van der Waals surface area contributed by atoms with Crippen molar-refractivity contribution in [3.63, 3.8) is 0 Å². The first-order valence-corrected chi connectivity index (χ1v) is 6.80. The van der Waals surface area contributed by atoms with Gasteiger partial charge in [0.05, 0.1) is 5.69 Å². The number of anilines is 1. The van der Waals surface area contributed by atoms with E-state index in [9.17, 15) is 0 Å². The quantitative estimate of drug-likeness (QED) is 0.805. The molecule has 0 saturated carbocycles. The van der Waals surface area contributed by atoms with Gasteiger partial charge in [-0.15, -0.1) is 0 Å². The van der Waals surface area contributed by atoms with Crippen LogP contribution in [-0.4, -0.2) is 14.6 Å². The summed E-state index contributed by atoms with van der Waals surface area (Å²) in [4.78, 5) is 4.38. The van der Waals surface area contributed by atoms with Crippen LogP contribution < -0.4 is 5.32 Å². The molecule has 0 fully saturated rings. The van der Waals surface area contributed by atoms with E-state index in [1.54, 1.807) is 0 Å². The van der Waals surface area contributed by atoms with Crippen LogP contribution >= 0.6 is 15.9 Å². The number of hydrogen-bond donors (Lipinski definition) is 1. The lowest BCUT2D eigenvalue weighted by molar-refractivity contribution is 0.895. The average Bonchev–Trinajstić information content (AvgIpc) is 2.75. The van der Waals surface area contributed by atoms with Gasteiger partial charge >= 0.3 is 0 Å². The normalized spacial score (nSPS) is 10.8. The van der Waals surface area contributed by atoms with Gasteiger partial charge < -0.3 is 5.32 Å². The Balaban J connectivity index is 1.78. The number of nitrogens with one attached hydrogen (secondary N) is 1. The zero-order valence-corrected chi connectivity index (χ0v) is 12.1. The van der Waals surface area contributed by atoms with E-state index in [0.29, 0.717) is 0 Å². The highest BCUT2D eigenvalue weighted by atomic mass is 79.9. The van der Waals surface area contributed by atoms with Crippen molar-refractivity contribution in [3.05, 3.63) is 58.5 Å². The molecule has 0 atom stereocenters. The summed E-state index contributed by atoms with van der Waals surface area (Å²) in [6.07, 6.45) is 3.88. The van der Waals surface area contributed by atoms with Gasteiger partial charge in [0.2, 0.25) is 0 Å². The van der Waals surface area contributed by atoms with Crippen molar-refractivity contribution in [3.8, 4) is 0 Å². The number of aryl methyl sites for hydroxylation is 1. The predicted molar refractivity (Wildman–Crippen MR) is 79.2 cm³/mol. The Morgan fingerprint density at radius 2 is 2.21 bits per heavy atom. The molecule has 19 heavy (non-hydrogen) atoms. The molecule has 3 aromatic rings. The summed E-state index contributed by atoms with van der Waals surface area (Å²) >= 11 is 3.46. The average molecular weight is 317 g/mol. The zero-order valence-electron chi connectivity index (χ0n) is 10.5. The Bertz CT molecular complexity index is 720. The molecule has 3 rings (SSSR count). The third-order valence-corrected chi connectivity index (χ3v) is 3.30. The topological polar surface area (TPSA) is 42.2 Å². The van der Waals surface area contributed by atoms with Gasteiger partial charge in [0.15, 0.2) is 5.65 Å². The maximum atomic E-state index is 4.38. The number of halogens is 1. The van der Waals surface area contributed by atoms with Gasteiger partial charge in [-0.1, -0.05) is 22.0 Å². The van der Waals surface area contributed by atoms with Crippen LogP contribution in [0.2, 0.25) is 0 Å². The van der Waals surface area contributed by atoms with Gasteiger partial charge in [0.25, 0.3) is 0 Å². The number of aromatic nitrogens is 3. The first-order valence-electron chi connectivity index (χ1n) is 6.01. The van der Waals surface area contributed by atoms with Crippen LogP contribution in [0, 0.1) is 6.92 Å². The first kappa shape index (κ1) is 12.2. The molecule has 0 spiro atoms. The SMILES string of the molecule is Cc1cc2ncc(CNc3cccc(Br)c3)cn2n1. The highest BCUT2D eigenvalue weighted by Crippen LogP contribution is 2.16. The highest BCUT2D eigenvalue weighted by Gasteiger charge is 2.01. The molecule has 0 saturated heterocycles. The minimum absolute atomic E-state index is 0.721. The summed E-state index contributed by atoms with van der Waals surface area (Å²) < 4.78 is 2.88. The third kappa shape index (κ3) is 2.76. The second-order valence-corrected chi connectivity index (χ2v) is 5.33. The van der Waals surface area contributed by atoms with Crippen LogP contribution in [-0.2, 0) is 6.54 Å². The molecule has 1 N–H and O–H groups in total. The molecule has 0 unspecified atom stereocenters. The molecule has 2 heterocycles. The van der Waals surface area contributed by atoms with Crippen molar-refractivity contribution in [2.24, 2.45) is 0 Å². The Morgan fingerprint density at radius 1 is 1.32 bits per heavy atom. The van der Waals surface area contributed by atoms with Gasteiger partial charge in [0, 0.05) is 40.7 Å². The Morgan fingerprint density at radius 3 is 3.05 bits per heavy atom. The van der Waals surface area contributed by atoms with E-state index in [-0.39, 0.29) is 0 Å². The van der Waals surface area contributed by atoms with Crippen LogP contribution in [0.15, 0.2) is 47.2 Å². The summed E-state index contributed by atoms with van der Waals surface area (Å²) in [6, 6.07) is 10.1. The minimum atomic E-state index is 0.721. The van der Waals surface area contributed by atoms with Crippen LogP contribution in [0.1, 0.15) is 11.3 Å². The molecule has 2 aromatic heterocycles. The maximum Gasteiger partial charge on any atom is 0.155 e. The van der Waals surface area contributed by atoms with Gasteiger partial charge in [0.1, 0.15) is 0 Å². The molecule has 96 valence electrons. The van der Waals surface area contributed by atoms with Crippen LogP contribution in [0.4, 0.5) is 5.69 Å². The van der Waals surface area contributed by atoms with Crippen molar-refractivity contribution in [2.45, 2.75) is 13.5 Å². The van der Waals surface area contributed by atoms with Crippen molar-refractivity contribution >= 4 is 27.3 Å². The van der Waals surface area contributed by atoms with Crippen molar-refractivity contribution in [1.82, 2.24) is 14.6 Å². The fourth-order valence-electron chi connectivity index (χ4n) is 1.93. The molecule has 0 aliphatic heterocycles. The smallest absolute Gasteiger partial charge is 0.155 e. The van der Waals surface area contributed by atoms with Crippen molar-refractivity contribution in [1.29, 1.82) is 0 Å². The van der Waals surface area contributed by atoms with E-state index >= 15 is 0 Å². The first-order chi connectivity index (χ1) is 9.20. The summed E-state index contributed by atoms with van der Waals surface area (Å²) in [5, 5.41) is 7.72. The van der Waals surface area contributed by atoms with E-state index < -0.39 is 0 Å². The lowest BCUT2D eigenvalue weighted by Gasteiger charge is -2.06. The van der Waals surface area contributed by atoms with E-state index in [1.165, 1.54) is 0 Å². The standard InChI is InChI=1S/C14H13BrN4/c1-10-5-14-17-8-11(9-19(14)18-10)7-16-13-4-2-3-12(15)6-13/h2-6,8-9,16H,7H2,1H3. The van der Waals surface area contributed by atoms with E-state index in [1.807, 2.05) is 54.2 Å². The zero-order chi connectivity index (χ0) is 13.2. The summed E-state index contributed by atoms with van der Waals surface area (Å²) in [5.74, 6) is 0. The molecular weight excluding hydrogens is 304 g/mol. The second kappa shape index (κ2) is 5.01. The van der Waals surface area contributed by atoms with Crippen molar-refractivity contribution < 1.29 is 0 Å². The number of nitrogens with zero attached hydrogens (tertiary/aromatic N) is 3. The monoisotopic (exact) mass is 316 g/mol. The Hall–Kier alpha value is -1.88. The molecule has 4 nitrogen and oxygen atoms in total. The molecule has 5 heteroatoms. The van der Waals surface area contributed by atoms with Gasteiger partial charge in [-0.3, -0.25) is 0 Å². The van der Waals surface area contributed by atoms with Crippen LogP contribution in [0.5, 0.6) is 0 Å². The van der Waals surface area contributed by atoms with E-state index in [0.717, 1.165) is 33.6 Å². The highest BCUT2D eigenvalue weighted by molar-refractivity contribution is 9.10. The molecule has 0 bridgehead atoms. The van der Waals surface area contributed by atoms with E-state index in [4.69, 9.17) is 0 Å². The second-order valence-electron chi connectivity index (χ2n) is 4.41. The summed E-state index contributed by atoms with van der Waals surface area (Å²) in [6.45, 7) is 2.69. The molecule has 1 aromatic carbocycles. The minimum Gasteiger partial charge on any atom is -0.381 e. The molecule has 0 aliphatic rings. The lowest BCUT2D eigenvalue weighted by atomic mass is 10.3. The summed E-state index contributed by atoms with van der Waals surface area (Å²) in [7, 11) is 0. The van der Waals surface area contributed by atoms with Gasteiger partial charge in [-0.05, 0) is 25.1 Å². The van der Waals surface area contributed by atoms with Crippen molar-refractivity contribution in [2.75, 3.05) is 5.32 Å². The third-order valence-electron chi connectivity index (χ3n) is 2.81. The summed E-state index contributed by atoms with van der Waals surface area (Å²) in [5.41, 5.74) is 4.02. The van der Waals surface area contributed by atoms with Gasteiger partial charge in [-0.2, -0.15) is 5.10 Å². The maximum absolute atomic E-state index is 4.38. The number of hydrogen-bond acceptors (Lipinski definition) is 3. The largest absolute Gasteiger partial charge is 0.381 e.